The standard InChI is InChI=1S/C20H23N5O4S/c1-11-3-4-14(30(27,28)25-17-9-22-10-18(17)26)7-15(11)13-6-16(20(21)23-8-13)19-5-12(2)24-29-19/h3-8,17-18,22,25-26H,9-10H2,1-2H3,(H2,21,23)/t17-,18-/m0/s1. The summed E-state index contributed by atoms with van der Waals surface area (Å²) in [6, 6.07) is 7.87. The maximum absolute atomic E-state index is 12.9. The summed E-state index contributed by atoms with van der Waals surface area (Å²) in [7, 11) is -3.81. The molecule has 1 aliphatic heterocycles. The number of rotatable bonds is 5. The van der Waals surface area contributed by atoms with Crippen LogP contribution in [0.5, 0.6) is 0 Å². The Morgan fingerprint density at radius 2 is 2.00 bits per heavy atom. The fourth-order valence-corrected chi connectivity index (χ4v) is 4.74. The molecule has 30 heavy (non-hydrogen) atoms. The van der Waals surface area contributed by atoms with Gasteiger partial charge in [-0.15, -0.1) is 0 Å². The van der Waals surface area contributed by atoms with Crippen LogP contribution in [0.2, 0.25) is 0 Å². The smallest absolute Gasteiger partial charge is 0.240 e. The van der Waals surface area contributed by atoms with Gasteiger partial charge in [0.1, 0.15) is 5.82 Å². The number of hydrogen-bond donors (Lipinski definition) is 4. The molecule has 158 valence electrons. The van der Waals surface area contributed by atoms with Gasteiger partial charge < -0.3 is 20.7 Å². The molecule has 0 spiro atoms. The maximum Gasteiger partial charge on any atom is 0.240 e. The second-order valence-corrected chi connectivity index (χ2v) is 9.13. The Kier molecular flexibility index (Phi) is 5.33. The fraction of sp³-hybridized carbons (Fsp3) is 0.300. The predicted octanol–water partition coefficient (Wildman–Crippen LogP) is 1.21. The number of benzene rings is 1. The van der Waals surface area contributed by atoms with Crippen LogP contribution in [0.1, 0.15) is 11.3 Å². The van der Waals surface area contributed by atoms with Crippen molar-refractivity contribution >= 4 is 15.8 Å². The Morgan fingerprint density at radius 1 is 1.20 bits per heavy atom. The molecule has 2 atom stereocenters. The summed E-state index contributed by atoms with van der Waals surface area (Å²) in [5, 5.41) is 16.8. The first-order chi connectivity index (χ1) is 14.2. The van der Waals surface area contributed by atoms with Crippen molar-refractivity contribution in [2.45, 2.75) is 30.9 Å². The molecule has 0 saturated carbocycles. The SMILES string of the molecule is Cc1cc(-c2cc(-c3cc(S(=O)(=O)N[C@H]4CNC[C@@H]4O)ccc3C)cnc2N)on1. The largest absolute Gasteiger partial charge is 0.390 e. The predicted molar refractivity (Wildman–Crippen MR) is 112 cm³/mol. The molecule has 10 heteroatoms. The second-order valence-electron chi connectivity index (χ2n) is 7.42. The lowest BCUT2D eigenvalue weighted by molar-refractivity contribution is 0.173. The van der Waals surface area contributed by atoms with Crippen molar-refractivity contribution in [1.82, 2.24) is 20.2 Å². The van der Waals surface area contributed by atoms with E-state index < -0.39 is 22.2 Å². The van der Waals surface area contributed by atoms with Crippen molar-refractivity contribution in [1.29, 1.82) is 0 Å². The van der Waals surface area contributed by atoms with Gasteiger partial charge in [0, 0.05) is 30.9 Å². The summed E-state index contributed by atoms with van der Waals surface area (Å²) < 4.78 is 33.6. The Balaban J connectivity index is 1.72. The average molecular weight is 430 g/mol. The zero-order chi connectivity index (χ0) is 21.5. The zero-order valence-corrected chi connectivity index (χ0v) is 17.4. The van der Waals surface area contributed by atoms with E-state index in [-0.39, 0.29) is 4.90 Å². The third kappa shape index (κ3) is 3.94. The van der Waals surface area contributed by atoms with Crippen LogP contribution in [0.4, 0.5) is 5.82 Å². The van der Waals surface area contributed by atoms with Gasteiger partial charge in [-0.1, -0.05) is 11.2 Å². The minimum atomic E-state index is -3.81. The van der Waals surface area contributed by atoms with E-state index in [1.807, 2.05) is 13.8 Å². The van der Waals surface area contributed by atoms with Crippen LogP contribution in [0, 0.1) is 13.8 Å². The Labute approximate surface area is 174 Å². The number of anilines is 1. The molecule has 9 nitrogen and oxygen atoms in total. The lowest BCUT2D eigenvalue weighted by Crippen LogP contribution is -2.42. The number of aliphatic hydroxyl groups is 1. The summed E-state index contributed by atoms with van der Waals surface area (Å²) in [6.07, 6.45) is 0.831. The molecule has 2 aromatic heterocycles. The molecule has 0 bridgehead atoms. The molecule has 0 aliphatic carbocycles. The van der Waals surface area contributed by atoms with E-state index in [2.05, 4.69) is 20.2 Å². The van der Waals surface area contributed by atoms with E-state index in [0.29, 0.717) is 47.1 Å². The first-order valence-electron chi connectivity index (χ1n) is 9.46. The number of sulfonamides is 1. The van der Waals surface area contributed by atoms with E-state index in [9.17, 15) is 13.5 Å². The topological polar surface area (TPSA) is 143 Å². The number of pyridine rings is 1. The molecule has 3 aromatic rings. The number of nitrogens with two attached hydrogens (primary N) is 1. The molecule has 1 aromatic carbocycles. The zero-order valence-electron chi connectivity index (χ0n) is 16.6. The minimum absolute atomic E-state index is 0.107. The quantitative estimate of drug-likeness (QED) is 0.474. The summed E-state index contributed by atoms with van der Waals surface area (Å²) in [6.45, 7) is 4.43. The number of nitrogens with one attached hydrogen (secondary N) is 2. The van der Waals surface area contributed by atoms with Gasteiger partial charge >= 0.3 is 0 Å². The summed E-state index contributed by atoms with van der Waals surface area (Å²) in [5.41, 5.74) is 9.59. The Hall–Kier alpha value is -2.79. The van der Waals surface area contributed by atoms with Crippen molar-refractivity contribution in [3.63, 3.8) is 0 Å². The van der Waals surface area contributed by atoms with Crippen LogP contribution >= 0.6 is 0 Å². The number of β-amino-alcohol motifs (C(OH)–C–C–N with tert-alkyl or cyclic N) is 1. The summed E-state index contributed by atoms with van der Waals surface area (Å²) in [4.78, 5) is 4.36. The van der Waals surface area contributed by atoms with Crippen molar-refractivity contribution < 1.29 is 18.0 Å². The van der Waals surface area contributed by atoms with Crippen LogP contribution in [0.3, 0.4) is 0 Å². The molecule has 5 N–H and O–H groups in total. The number of aryl methyl sites for hydroxylation is 2. The normalized spacial score (nSPS) is 19.3. The minimum Gasteiger partial charge on any atom is -0.390 e. The molecular weight excluding hydrogens is 406 g/mol. The van der Waals surface area contributed by atoms with Crippen LogP contribution in [-0.4, -0.2) is 48.9 Å². The molecule has 0 unspecified atom stereocenters. The van der Waals surface area contributed by atoms with E-state index in [1.54, 1.807) is 36.5 Å². The third-order valence-corrected chi connectivity index (χ3v) is 6.62. The van der Waals surface area contributed by atoms with Crippen molar-refractivity contribution in [2.75, 3.05) is 18.8 Å². The van der Waals surface area contributed by atoms with Crippen LogP contribution in [0.15, 0.2) is 45.9 Å². The van der Waals surface area contributed by atoms with Crippen molar-refractivity contribution in [2.24, 2.45) is 0 Å². The van der Waals surface area contributed by atoms with Gasteiger partial charge in [-0.25, -0.2) is 18.1 Å². The van der Waals surface area contributed by atoms with Crippen molar-refractivity contribution in [3.8, 4) is 22.5 Å². The third-order valence-electron chi connectivity index (χ3n) is 5.13. The summed E-state index contributed by atoms with van der Waals surface area (Å²) >= 11 is 0. The average Bonchev–Trinajstić information content (AvgIpc) is 3.30. The van der Waals surface area contributed by atoms with Gasteiger partial charge in [-0.05, 0) is 43.2 Å². The van der Waals surface area contributed by atoms with Gasteiger partial charge in [0.25, 0.3) is 0 Å². The maximum atomic E-state index is 12.9. The molecule has 0 amide bonds. The highest BCUT2D eigenvalue weighted by atomic mass is 32.2. The lowest BCUT2D eigenvalue weighted by atomic mass is 10.00. The number of aromatic nitrogens is 2. The number of nitrogen functional groups attached to an aromatic ring is 1. The van der Waals surface area contributed by atoms with Gasteiger partial charge in [-0.3, -0.25) is 0 Å². The Morgan fingerprint density at radius 3 is 2.67 bits per heavy atom. The van der Waals surface area contributed by atoms with E-state index in [1.165, 1.54) is 0 Å². The van der Waals surface area contributed by atoms with Gasteiger partial charge in [0.05, 0.1) is 28.3 Å². The van der Waals surface area contributed by atoms with Crippen LogP contribution < -0.4 is 15.8 Å². The van der Waals surface area contributed by atoms with Gasteiger partial charge in [0.15, 0.2) is 5.76 Å². The molecule has 1 fully saturated rings. The van der Waals surface area contributed by atoms with Gasteiger partial charge in [0.2, 0.25) is 10.0 Å². The number of nitrogens with zero attached hydrogens (tertiary/aromatic N) is 2. The first-order valence-corrected chi connectivity index (χ1v) is 10.9. The first kappa shape index (κ1) is 20.5. The number of aliphatic hydroxyl groups excluding tert-OH is 1. The Bertz CT molecular complexity index is 1190. The highest BCUT2D eigenvalue weighted by molar-refractivity contribution is 7.89. The molecule has 3 heterocycles. The van der Waals surface area contributed by atoms with Gasteiger partial charge in [-0.2, -0.15) is 0 Å². The van der Waals surface area contributed by atoms with E-state index >= 15 is 0 Å². The van der Waals surface area contributed by atoms with E-state index in [4.69, 9.17) is 10.3 Å². The molecule has 1 saturated heterocycles. The molecule has 4 rings (SSSR count). The highest BCUT2D eigenvalue weighted by Gasteiger charge is 2.30. The monoisotopic (exact) mass is 429 g/mol. The van der Waals surface area contributed by atoms with Crippen molar-refractivity contribution in [3.05, 3.63) is 47.8 Å². The van der Waals surface area contributed by atoms with E-state index in [0.717, 1.165) is 5.56 Å². The number of hydrogen-bond acceptors (Lipinski definition) is 8. The molecule has 1 aliphatic rings. The lowest BCUT2D eigenvalue weighted by Gasteiger charge is -2.17. The summed E-state index contributed by atoms with van der Waals surface area (Å²) in [5.74, 6) is 0.783. The van der Waals surface area contributed by atoms with Crippen LogP contribution in [0.25, 0.3) is 22.5 Å². The molecule has 0 radical (unpaired) electrons. The molecular formula is C20H23N5O4S. The second kappa shape index (κ2) is 7.80. The fourth-order valence-electron chi connectivity index (χ4n) is 3.44. The van der Waals surface area contributed by atoms with Crippen LogP contribution in [-0.2, 0) is 10.0 Å². The highest BCUT2D eigenvalue weighted by Crippen LogP contribution is 2.32.